The van der Waals surface area contributed by atoms with Crippen LogP contribution in [-0.2, 0) is 11.3 Å². The molecule has 11 heteroatoms. The van der Waals surface area contributed by atoms with Crippen LogP contribution in [0.2, 0.25) is 0 Å². The zero-order chi connectivity index (χ0) is 25.4. The lowest BCUT2D eigenvalue weighted by atomic mass is 9.97. The van der Waals surface area contributed by atoms with Gasteiger partial charge in [-0.15, -0.1) is 5.10 Å². The molecule has 1 saturated heterocycles. The Hall–Kier alpha value is -3.47. The van der Waals surface area contributed by atoms with Crippen molar-refractivity contribution in [2.24, 2.45) is 5.92 Å². The monoisotopic (exact) mass is 558 g/mol. The summed E-state index contributed by atoms with van der Waals surface area (Å²) in [6.07, 6.45) is 4.54. The van der Waals surface area contributed by atoms with Crippen molar-refractivity contribution in [3.05, 3.63) is 75.9 Å². The van der Waals surface area contributed by atoms with Gasteiger partial charge in [-0.25, -0.2) is 27.8 Å². The summed E-state index contributed by atoms with van der Waals surface area (Å²) in [5.74, 6) is -1.81. The number of anilines is 1. The van der Waals surface area contributed by atoms with Crippen molar-refractivity contribution in [1.29, 1.82) is 0 Å². The van der Waals surface area contributed by atoms with Gasteiger partial charge in [-0.2, -0.15) is 0 Å². The predicted molar refractivity (Wildman–Crippen MR) is 132 cm³/mol. The Bertz CT molecular complexity index is 1440. The Morgan fingerprint density at radius 2 is 1.92 bits per heavy atom. The van der Waals surface area contributed by atoms with E-state index in [-0.39, 0.29) is 29.8 Å². The summed E-state index contributed by atoms with van der Waals surface area (Å²) in [6.45, 7) is 2.51. The van der Waals surface area contributed by atoms with Gasteiger partial charge in [0.05, 0.1) is 17.0 Å². The molecule has 36 heavy (non-hydrogen) atoms. The Morgan fingerprint density at radius 1 is 1.14 bits per heavy atom. The molecule has 2 aromatic carbocycles. The number of halogens is 4. The number of rotatable bonds is 5. The number of carbonyl (C=O) groups excluding carboxylic acids is 1. The van der Waals surface area contributed by atoms with Crippen LogP contribution in [0.1, 0.15) is 24.0 Å². The number of amides is 1. The minimum absolute atomic E-state index is 0.184. The zero-order valence-corrected chi connectivity index (χ0v) is 20.9. The van der Waals surface area contributed by atoms with Crippen molar-refractivity contribution in [1.82, 2.24) is 25.1 Å². The first kappa shape index (κ1) is 24.2. The van der Waals surface area contributed by atoms with Crippen LogP contribution in [0.15, 0.2) is 47.3 Å². The van der Waals surface area contributed by atoms with Crippen LogP contribution >= 0.6 is 15.9 Å². The summed E-state index contributed by atoms with van der Waals surface area (Å²) in [5, 5.41) is 7.82. The average Bonchev–Trinajstić information content (AvgIpc) is 3.29. The number of benzene rings is 2. The lowest BCUT2D eigenvalue weighted by Crippen LogP contribution is -2.43. The van der Waals surface area contributed by atoms with Gasteiger partial charge in [0.2, 0.25) is 5.91 Å². The molecule has 1 amide bonds. The molecule has 3 heterocycles. The quantitative estimate of drug-likeness (QED) is 0.379. The molecule has 0 saturated carbocycles. The summed E-state index contributed by atoms with van der Waals surface area (Å²) in [4.78, 5) is 23.5. The molecule has 0 bridgehead atoms. The number of piperidine rings is 1. The number of hydrogen-bond donors (Lipinski definition) is 1. The Kier molecular flexibility index (Phi) is 6.65. The van der Waals surface area contributed by atoms with E-state index in [1.165, 1.54) is 24.5 Å². The SMILES string of the molecule is Cc1ccc(-n2cc3c(N4CCC[C@H](C(=O)NCc5c(F)cc(Br)cc5F)C4)ncnc3n2)cc1F. The van der Waals surface area contributed by atoms with E-state index in [0.29, 0.717) is 52.1 Å². The number of hydrogen-bond acceptors (Lipinski definition) is 5. The van der Waals surface area contributed by atoms with E-state index in [2.05, 4.69) is 36.3 Å². The van der Waals surface area contributed by atoms with Crippen molar-refractivity contribution >= 4 is 38.7 Å². The molecule has 1 atom stereocenters. The van der Waals surface area contributed by atoms with E-state index in [9.17, 15) is 18.0 Å². The van der Waals surface area contributed by atoms with Crippen molar-refractivity contribution in [2.45, 2.75) is 26.3 Å². The zero-order valence-electron chi connectivity index (χ0n) is 19.3. The van der Waals surface area contributed by atoms with Gasteiger partial charge in [0.25, 0.3) is 0 Å². The maximum atomic E-state index is 14.1. The Morgan fingerprint density at radius 3 is 2.67 bits per heavy atom. The number of aryl methyl sites for hydroxylation is 1. The normalized spacial score (nSPS) is 15.9. The van der Waals surface area contributed by atoms with Crippen LogP contribution in [-0.4, -0.2) is 38.7 Å². The third-order valence-electron chi connectivity index (χ3n) is 6.35. The summed E-state index contributed by atoms with van der Waals surface area (Å²) in [5.41, 5.74) is 1.37. The van der Waals surface area contributed by atoms with E-state index in [4.69, 9.17) is 0 Å². The third-order valence-corrected chi connectivity index (χ3v) is 6.81. The lowest BCUT2D eigenvalue weighted by Gasteiger charge is -2.33. The van der Waals surface area contributed by atoms with Gasteiger partial charge in [-0.3, -0.25) is 4.79 Å². The van der Waals surface area contributed by atoms with Crippen molar-refractivity contribution in [3.8, 4) is 5.69 Å². The minimum atomic E-state index is -0.721. The van der Waals surface area contributed by atoms with Gasteiger partial charge in [-0.05, 0) is 49.6 Å². The first-order valence-corrected chi connectivity index (χ1v) is 12.2. The van der Waals surface area contributed by atoms with Gasteiger partial charge in [-0.1, -0.05) is 22.0 Å². The third kappa shape index (κ3) is 4.79. The van der Waals surface area contributed by atoms with Crippen LogP contribution in [0.4, 0.5) is 19.0 Å². The number of carbonyl (C=O) groups is 1. The Labute approximate surface area is 213 Å². The molecule has 0 radical (unpaired) electrons. The fraction of sp³-hybridized carbons (Fsp3) is 0.280. The van der Waals surface area contributed by atoms with Crippen molar-refractivity contribution in [2.75, 3.05) is 18.0 Å². The number of fused-ring (bicyclic) bond motifs is 1. The van der Waals surface area contributed by atoms with E-state index in [1.54, 1.807) is 29.9 Å². The molecule has 1 fully saturated rings. The fourth-order valence-corrected chi connectivity index (χ4v) is 4.78. The first-order valence-electron chi connectivity index (χ1n) is 11.4. The smallest absolute Gasteiger partial charge is 0.225 e. The fourth-order valence-electron chi connectivity index (χ4n) is 4.38. The maximum absolute atomic E-state index is 14.1. The highest BCUT2D eigenvalue weighted by Crippen LogP contribution is 2.28. The number of nitrogens with one attached hydrogen (secondary N) is 1. The van der Waals surface area contributed by atoms with E-state index >= 15 is 0 Å². The van der Waals surface area contributed by atoms with E-state index in [1.807, 2.05) is 4.90 Å². The molecule has 5 rings (SSSR count). The molecular weight excluding hydrogens is 537 g/mol. The molecule has 0 spiro atoms. The molecule has 1 N–H and O–H groups in total. The van der Waals surface area contributed by atoms with Gasteiger partial charge in [0.1, 0.15) is 29.6 Å². The maximum Gasteiger partial charge on any atom is 0.225 e. The highest BCUT2D eigenvalue weighted by Gasteiger charge is 2.28. The van der Waals surface area contributed by atoms with Crippen LogP contribution in [0.5, 0.6) is 0 Å². The number of aromatic nitrogens is 4. The average molecular weight is 559 g/mol. The lowest BCUT2D eigenvalue weighted by molar-refractivity contribution is -0.125. The molecule has 186 valence electrons. The highest BCUT2D eigenvalue weighted by atomic mass is 79.9. The van der Waals surface area contributed by atoms with Gasteiger partial charge < -0.3 is 10.2 Å². The number of nitrogens with zero attached hydrogens (tertiary/aromatic N) is 5. The van der Waals surface area contributed by atoms with Gasteiger partial charge >= 0.3 is 0 Å². The molecule has 7 nitrogen and oxygen atoms in total. The van der Waals surface area contributed by atoms with Crippen LogP contribution in [0.3, 0.4) is 0 Å². The van der Waals surface area contributed by atoms with E-state index in [0.717, 1.165) is 6.42 Å². The van der Waals surface area contributed by atoms with Gasteiger partial charge in [0, 0.05) is 35.9 Å². The first-order chi connectivity index (χ1) is 17.3. The standard InChI is InChI=1S/C25H22BrF3N6O/c1-14-4-5-17(9-20(14)27)35-12-19-23(33-35)31-13-32-24(19)34-6-2-3-15(11-34)25(36)30-10-18-21(28)7-16(26)8-22(18)29/h4-5,7-9,12-13,15H,2-3,6,10-11H2,1H3,(H,30,36)/t15-/m0/s1. The largest absolute Gasteiger partial charge is 0.355 e. The molecule has 1 aliphatic heterocycles. The summed E-state index contributed by atoms with van der Waals surface area (Å²) in [7, 11) is 0. The second kappa shape index (κ2) is 9.88. The predicted octanol–water partition coefficient (Wildman–Crippen LogP) is 4.84. The minimum Gasteiger partial charge on any atom is -0.355 e. The van der Waals surface area contributed by atoms with Crippen molar-refractivity contribution < 1.29 is 18.0 Å². The van der Waals surface area contributed by atoms with Crippen LogP contribution in [0, 0.1) is 30.3 Å². The second-order valence-corrected chi connectivity index (χ2v) is 9.71. The Balaban J connectivity index is 1.34. The molecule has 0 aliphatic carbocycles. The molecule has 1 aliphatic rings. The van der Waals surface area contributed by atoms with E-state index < -0.39 is 11.6 Å². The second-order valence-electron chi connectivity index (χ2n) is 8.79. The summed E-state index contributed by atoms with van der Waals surface area (Å²) >= 11 is 3.05. The summed E-state index contributed by atoms with van der Waals surface area (Å²) in [6, 6.07) is 7.20. The van der Waals surface area contributed by atoms with Crippen molar-refractivity contribution in [3.63, 3.8) is 0 Å². The van der Waals surface area contributed by atoms with Gasteiger partial charge in [0.15, 0.2) is 5.65 Å². The molecule has 0 unspecified atom stereocenters. The highest BCUT2D eigenvalue weighted by molar-refractivity contribution is 9.10. The molecule has 2 aromatic heterocycles. The summed E-state index contributed by atoms with van der Waals surface area (Å²) < 4.78 is 44.2. The molecule has 4 aromatic rings. The topological polar surface area (TPSA) is 75.9 Å². The van der Waals surface area contributed by atoms with Crippen LogP contribution in [0.25, 0.3) is 16.7 Å². The molecular formula is C25H22BrF3N6O. The van der Waals surface area contributed by atoms with Crippen LogP contribution < -0.4 is 10.2 Å².